The van der Waals surface area contributed by atoms with Crippen molar-refractivity contribution in [2.75, 3.05) is 48.8 Å². The van der Waals surface area contributed by atoms with Crippen molar-refractivity contribution in [1.82, 2.24) is 4.47 Å². The lowest BCUT2D eigenvalue weighted by atomic mass is 10.1. The second kappa shape index (κ2) is 8.64. The van der Waals surface area contributed by atoms with Crippen LogP contribution in [0.15, 0.2) is 18.2 Å². The predicted octanol–water partition coefficient (Wildman–Crippen LogP) is 1.53. The largest absolute Gasteiger partial charge is 0.444 e. The van der Waals surface area contributed by atoms with Crippen molar-refractivity contribution in [3.8, 4) is 0 Å². The van der Waals surface area contributed by atoms with E-state index in [1.165, 1.54) is 17.9 Å². The summed E-state index contributed by atoms with van der Waals surface area (Å²) in [5.41, 5.74) is 0.666. The van der Waals surface area contributed by atoms with Crippen molar-refractivity contribution in [3.63, 3.8) is 0 Å². The Morgan fingerprint density at radius 1 is 1.28 bits per heavy atom. The Morgan fingerprint density at radius 2 is 2.03 bits per heavy atom. The minimum atomic E-state index is -3.49. The van der Waals surface area contributed by atoms with E-state index in [1.54, 1.807) is 17.0 Å². The molecule has 0 unspecified atom stereocenters. The smallest absolute Gasteiger partial charge is 0.414 e. The van der Waals surface area contributed by atoms with E-state index in [4.69, 9.17) is 9.57 Å². The number of cyclic esters (lactones) is 1. The molecule has 3 rings (SSSR count). The molecule has 2 fully saturated rings. The van der Waals surface area contributed by atoms with E-state index < -0.39 is 28.0 Å². The van der Waals surface area contributed by atoms with Crippen molar-refractivity contribution in [3.05, 3.63) is 24.0 Å². The maximum Gasteiger partial charge on any atom is 0.414 e. The third-order valence-corrected chi connectivity index (χ3v) is 5.82. The Bertz CT molecular complexity index is 894. The van der Waals surface area contributed by atoms with Gasteiger partial charge in [-0.1, -0.05) is 4.47 Å². The second-order valence-corrected chi connectivity index (χ2v) is 8.98. The number of carbonyl (C=O) groups excluding carboxylic acids is 2. The molecular formula is C18H24FN3O6S. The number of Topliss-reactive ketones (excluding diaryl/α,β-unsaturated/α-hetero) is 1. The lowest BCUT2D eigenvalue weighted by Crippen LogP contribution is -2.34. The molecule has 11 heteroatoms. The lowest BCUT2D eigenvalue weighted by Gasteiger charge is -2.23. The van der Waals surface area contributed by atoms with E-state index in [9.17, 15) is 22.4 Å². The van der Waals surface area contributed by atoms with Gasteiger partial charge < -0.3 is 14.4 Å². The summed E-state index contributed by atoms with van der Waals surface area (Å²) in [6, 6.07) is 4.42. The molecule has 0 spiro atoms. The quantitative estimate of drug-likeness (QED) is 0.677. The zero-order valence-electron chi connectivity index (χ0n) is 16.3. The number of ether oxygens (including phenoxy) is 1. The van der Waals surface area contributed by atoms with Gasteiger partial charge in [0.1, 0.15) is 17.7 Å². The SMILES string of the molecule is CC(=O)CC[C@H]1CN(c2ccc(N3CCON(S(C)(=O)=O)CC3)c(F)c2)C(=O)O1. The zero-order valence-corrected chi connectivity index (χ0v) is 17.2. The summed E-state index contributed by atoms with van der Waals surface area (Å²) in [7, 11) is -3.49. The summed E-state index contributed by atoms with van der Waals surface area (Å²) < 4.78 is 44.2. The highest BCUT2D eigenvalue weighted by molar-refractivity contribution is 7.88. The minimum absolute atomic E-state index is 0.0192. The molecular weight excluding hydrogens is 405 g/mol. The van der Waals surface area contributed by atoms with Crippen LogP contribution in [0.25, 0.3) is 0 Å². The van der Waals surface area contributed by atoms with Gasteiger partial charge in [0.05, 0.1) is 37.3 Å². The molecule has 2 heterocycles. The van der Waals surface area contributed by atoms with Gasteiger partial charge in [-0.2, -0.15) is 0 Å². The maximum absolute atomic E-state index is 14.8. The summed E-state index contributed by atoms with van der Waals surface area (Å²) in [4.78, 5) is 31.5. The first kappa shape index (κ1) is 21.5. The molecule has 0 radical (unpaired) electrons. The highest BCUT2D eigenvalue weighted by Gasteiger charge is 2.33. The molecule has 2 aliphatic rings. The van der Waals surface area contributed by atoms with Gasteiger partial charge in [0.2, 0.25) is 10.0 Å². The summed E-state index contributed by atoms with van der Waals surface area (Å²) in [5, 5.41) is 0. The lowest BCUT2D eigenvalue weighted by molar-refractivity contribution is -0.117. The number of anilines is 2. The summed E-state index contributed by atoms with van der Waals surface area (Å²) in [5.74, 6) is -0.513. The van der Waals surface area contributed by atoms with Gasteiger partial charge >= 0.3 is 6.09 Å². The minimum Gasteiger partial charge on any atom is -0.444 e. The van der Waals surface area contributed by atoms with Gasteiger partial charge in [-0.15, -0.1) is 0 Å². The Labute approximate surface area is 169 Å². The number of carbonyl (C=O) groups is 2. The van der Waals surface area contributed by atoms with Crippen molar-refractivity contribution < 1.29 is 32.0 Å². The fourth-order valence-electron chi connectivity index (χ4n) is 3.30. The zero-order chi connectivity index (χ0) is 21.2. The fraction of sp³-hybridized carbons (Fsp3) is 0.556. The van der Waals surface area contributed by atoms with Gasteiger partial charge in [0.15, 0.2) is 0 Å². The first-order chi connectivity index (χ1) is 13.6. The number of hydroxylamine groups is 1. The van der Waals surface area contributed by atoms with Gasteiger partial charge in [-0.05, 0) is 31.5 Å². The molecule has 2 saturated heterocycles. The molecule has 0 aromatic heterocycles. The molecule has 1 aromatic rings. The average Bonchev–Trinajstić information content (AvgIpc) is 2.84. The molecule has 0 N–H and O–H groups in total. The van der Waals surface area contributed by atoms with Crippen LogP contribution in [0.5, 0.6) is 0 Å². The first-order valence-electron chi connectivity index (χ1n) is 9.28. The standard InChI is InChI=1S/C18H24FN3O6S/c1-13(23)3-5-15-12-21(18(24)28-15)14-4-6-17(16(19)11-14)20-7-8-22(27-10-9-20)29(2,25)26/h4,6,11,15H,3,5,7-10,12H2,1-2H3/t15-/m0/s1. The van der Waals surface area contributed by atoms with Crippen LogP contribution >= 0.6 is 0 Å². The van der Waals surface area contributed by atoms with Crippen molar-refractivity contribution in [1.29, 1.82) is 0 Å². The number of sulfonamides is 1. The maximum atomic E-state index is 14.8. The van der Waals surface area contributed by atoms with Gasteiger partial charge in [-0.3, -0.25) is 9.74 Å². The summed E-state index contributed by atoms with van der Waals surface area (Å²) in [6.45, 7) is 2.50. The number of nitrogens with zero attached hydrogens (tertiary/aromatic N) is 3. The predicted molar refractivity (Wildman–Crippen MR) is 104 cm³/mol. The second-order valence-electron chi connectivity index (χ2n) is 7.10. The first-order valence-corrected chi connectivity index (χ1v) is 11.1. The molecule has 1 amide bonds. The van der Waals surface area contributed by atoms with E-state index in [-0.39, 0.29) is 32.0 Å². The molecule has 0 bridgehead atoms. The summed E-state index contributed by atoms with van der Waals surface area (Å²) >= 11 is 0. The van der Waals surface area contributed by atoms with Crippen LogP contribution in [-0.2, 0) is 24.4 Å². The Kier molecular flexibility index (Phi) is 6.39. The number of rotatable bonds is 6. The molecule has 0 aliphatic carbocycles. The highest BCUT2D eigenvalue weighted by atomic mass is 32.2. The van der Waals surface area contributed by atoms with Crippen molar-refractivity contribution >= 4 is 33.3 Å². The molecule has 1 aromatic carbocycles. The number of ketones is 1. The van der Waals surface area contributed by atoms with Gasteiger partial charge in [0, 0.05) is 19.5 Å². The third-order valence-electron chi connectivity index (χ3n) is 4.79. The van der Waals surface area contributed by atoms with E-state index in [1.807, 2.05) is 0 Å². The number of halogens is 1. The van der Waals surface area contributed by atoms with Crippen molar-refractivity contribution in [2.24, 2.45) is 0 Å². The average molecular weight is 429 g/mol. The molecule has 29 heavy (non-hydrogen) atoms. The third kappa shape index (κ3) is 5.22. The number of hydrogen-bond acceptors (Lipinski definition) is 7. The van der Waals surface area contributed by atoms with Crippen LogP contribution in [-0.4, -0.2) is 69.9 Å². The Morgan fingerprint density at radius 3 is 2.69 bits per heavy atom. The Hall–Kier alpha value is -2.24. The van der Waals surface area contributed by atoms with E-state index in [2.05, 4.69) is 0 Å². The summed E-state index contributed by atoms with van der Waals surface area (Å²) in [6.07, 6.45) is 0.830. The van der Waals surface area contributed by atoms with Crippen LogP contribution in [0.3, 0.4) is 0 Å². The molecule has 160 valence electrons. The van der Waals surface area contributed by atoms with Crippen LogP contribution in [0.1, 0.15) is 19.8 Å². The highest BCUT2D eigenvalue weighted by Crippen LogP contribution is 2.29. The monoisotopic (exact) mass is 429 g/mol. The van der Waals surface area contributed by atoms with Crippen LogP contribution in [0.2, 0.25) is 0 Å². The van der Waals surface area contributed by atoms with E-state index in [0.29, 0.717) is 30.8 Å². The van der Waals surface area contributed by atoms with Crippen LogP contribution in [0, 0.1) is 5.82 Å². The fourth-order valence-corrected chi connectivity index (χ4v) is 3.98. The molecule has 1 atom stereocenters. The van der Waals surface area contributed by atoms with Crippen LogP contribution in [0.4, 0.5) is 20.6 Å². The Balaban J connectivity index is 1.69. The molecule has 2 aliphatic heterocycles. The molecule has 0 saturated carbocycles. The number of benzene rings is 1. The number of amides is 1. The van der Waals surface area contributed by atoms with Gasteiger partial charge in [0.25, 0.3) is 0 Å². The van der Waals surface area contributed by atoms with E-state index >= 15 is 0 Å². The van der Waals surface area contributed by atoms with Crippen LogP contribution < -0.4 is 9.80 Å². The van der Waals surface area contributed by atoms with E-state index in [0.717, 1.165) is 10.7 Å². The molecule has 9 nitrogen and oxygen atoms in total. The van der Waals surface area contributed by atoms with Crippen molar-refractivity contribution in [2.45, 2.75) is 25.9 Å². The normalized spacial score (nSPS) is 21.2. The van der Waals surface area contributed by atoms with Gasteiger partial charge in [-0.25, -0.2) is 17.6 Å². The topological polar surface area (TPSA) is 96.5 Å². The number of hydrogen-bond donors (Lipinski definition) is 0.